The molecule has 0 aromatic carbocycles. The normalized spacial score (nSPS) is 11.8. The third kappa shape index (κ3) is 4.68. The number of rotatable bonds is 4. The summed E-state index contributed by atoms with van der Waals surface area (Å²) in [4.78, 5) is 13.2. The summed E-state index contributed by atoms with van der Waals surface area (Å²) >= 11 is 0. The van der Waals surface area contributed by atoms with E-state index < -0.39 is 0 Å². The summed E-state index contributed by atoms with van der Waals surface area (Å²) in [5.41, 5.74) is 5.56. The third-order valence-corrected chi connectivity index (χ3v) is 2.11. The lowest BCUT2D eigenvalue weighted by Gasteiger charge is -2.16. The average molecular weight is 247 g/mol. The maximum atomic E-state index is 11.6. The molecule has 1 unspecified atom stereocenters. The van der Waals surface area contributed by atoms with Gasteiger partial charge < -0.3 is 15.1 Å². The first-order valence-corrected chi connectivity index (χ1v) is 5.04. The Balaban J connectivity index is 0.00000225. The number of hydrogen-bond acceptors (Lipinski definition) is 3. The van der Waals surface area contributed by atoms with Crippen molar-refractivity contribution in [2.75, 3.05) is 7.05 Å². The Bertz CT molecular complexity index is 336. The number of amides is 1. The number of aryl methyl sites for hydroxylation is 1. The Morgan fingerprint density at radius 2 is 2.19 bits per heavy atom. The number of carbonyl (C=O) groups excluding carboxylic acids is 1. The van der Waals surface area contributed by atoms with Crippen LogP contribution >= 0.6 is 12.4 Å². The SMILES string of the molecule is Cc1ccc(CN(C)C(=O)CC(C)N)o1.Cl. The highest BCUT2D eigenvalue weighted by molar-refractivity contribution is 5.85. The highest BCUT2D eigenvalue weighted by Crippen LogP contribution is 2.09. The van der Waals surface area contributed by atoms with E-state index in [1.54, 1.807) is 11.9 Å². The maximum Gasteiger partial charge on any atom is 0.224 e. The van der Waals surface area contributed by atoms with Gasteiger partial charge in [-0.05, 0) is 26.0 Å². The van der Waals surface area contributed by atoms with Crippen LogP contribution in [0.4, 0.5) is 0 Å². The minimum absolute atomic E-state index is 0. The number of carbonyl (C=O) groups is 1. The van der Waals surface area contributed by atoms with Crippen molar-refractivity contribution in [3.05, 3.63) is 23.7 Å². The van der Waals surface area contributed by atoms with Crippen LogP contribution in [-0.2, 0) is 11.3 Å². The van der Waals surface area contributed by atoms with Gasteiger partial charge in [0, 0.05) is 19.5 Å². The Morgan fingerprint density at radius 3 is 2.62 bits per heavy atom. The summed E-state index contributed by atoms with van der Waals surface area (Å²) in [7, 11) is 1.75. The first kappa shape index (κ1) is 15.0. The highest BCUT2D eigenvalue weighted by atomic mass is 35.5. The highest BCUT2D eigenvalue weighted by Gasteiger charge is 2.12. The van der Waals surface area contributed by atoms with E-state index in [9.17, 15) is 4.79 Å². The Kier molecular flexibility index (Phi) is 6.14. The van der Waals surface area contributed by atoms with Crippen LogP contribution in [0.5, 0.6) is 0 Å². The lowest BCUT2D eigenvalue weighted by molar-refractivity contribution is -0.130. The molecule has 0 aliphatic rings. The van der Waals surface area contributed by atoms with E-state index >= 15 is 0 Å². The molecule has 1 heterocycles. The fraction of sp³-hybridized carbons (Fsp3) is 0.545. The second kappa shape index (κ2) is 6.55. The monoisotopic (exact) mass is 246 g/mol. The first-order chi connectivity index (χ1) is 6.99. The second-order valence-electron chi connectivity index (χ2n) is 3.94. The van der Waals surface area contributed by atoms with Gasteiger partial charge in [-0.15, -0.1) is 12.4 Å². The van der Waals surface area contributed by atoms with Crippen molar-refractivity contribution in [1.29, 1.82) is 0 Å². The summed E-state index contributed by atoms with van der Waals surface area (Å²) in [6.07, 6.45) is 0.371. The fourth-order valence-corrected chi connectivity index (χ4v) is 1.32. The molecular formula is C11H19ClN2O2. The topological polar surface area (TPSA) is 59.5 Å². The number of furan rings is 1. The van der Waals surface area contributed by atoms with Crippen molar-refractivity contribution in [3.63, 3.8) is 0 Å². The van der Waals surface area contributed by atoms with Crippen LogP contribution in [0, 0.1) is 6.92 Å². The lowest BCUT2D eigenvalue weighted by Crippen LogP contribution is -2.31. The molecule has 16 heavy (non-hydrogen) atoms. The van der Waals surface area contributed by atoms with Crippen molar-refractivity contribution in [2.24, 2.45) is 5.73 Å². The molecule has 0 spiro atoms. The van der Waals surface area contributed by atoms with Crippen molar-refractivity contribution in [1.82, 2.24) is 4.90 Å². The van der Waals surface area contributed by atoms with Gasteiger partial charge in [-0.25, -0.2) is 0 Å². The zero-order chi connectivity index (χ0) is 11.4. The van der Waals surface area contributed by atoms with Crippen LogP contribution in [0.25, 0.3) is 0 Å². The summed E-state index contributed by atoms with van der Waals surface area (Å²) in [6.45, 7) is 4.20. The molecule has 0 bridgehead atoms. The second-order valence-corrected chi connectivity index (χ2v) is 3.94. The van der Waals surface area contributed by atoms with Crippen LogP contribution in [0.1, 0.15) is 24.9 Å². The molecule has 0 radical (unpaired) electrons. The standard InChI is InChI=1S/C11H18N2O2.ClH/c1-8(12)6-11(14)13(3)7-10-5-4-9(2)15-10;/h4-5,8H,6-7,12H2,1-3H3;1H. The lowest BCUT2D eigenvalue weighted by atomic mass is 10.2. The number of halogens is 1. The van der Waals surface area contributed by atoms with Gasteiger partial charge in [0.15, 0.2) is 0 Å². The minimum atomic E-state index is -0.0988. The van der Waals surface area contributed by atoms with Crippen LogP contribution in [-0.4, -0.2) is 23.9 Å². The van der Waals surface area contributed by atoms with Gasteiger partial charge in [-0.2, -0.15) is 0 Å². The van der Waals surface area contributed by atoms with Crippen molar-refractivity contribution >= 4 is 18.3 Å². The van der Waals surface area contributed by atoms with Gasteiger partial charge in [0.25, 0.3) is 0 Å². The molecule has 2 N–H and O–H groups in total. The fourth-order valence-electron chi connectivity index (χ4n) is 1.32. The van der Waals surface area contributed by atoms with Gasteiger partial charge >= 0.3 is 0 Å². The minimum Gasteiger partial charge on any atom is -0.464 e. The van der Waals surface area contributed by atoms with Gasteiger partial charge in [-0.1, -0.05) is 0 Å². The van der Waals surface area contributed by atoms with E-state index in [0.29, 0.717) is 13.0 Å². The Morgan fingerprint density at radius 1 is 1.56 bits per heavy atom. The van der Waals surface area contributed by atoms with Crippen LogP contribution in [0.15, 0.2) is 16.5 Å². The Labute approximate surface area is 102 Å². The molecule has 0 aliphatic carbocycles. The van der Waals surface area contributed by atoms with E-state index in [4.69, 9.17) is 10.2 Å². The van der Waals surface area contributed by atoms with E-state index in [0.717, 1.165) is 11.5 Å². The molecule has 5 heteroatoms. The Hall–Kier alpha value is -1.00. The van der Waals surface area contributed by atoms with Crippen molar-refractivity contribution in [2.45, 2.75) is 32.9 Å². The molecule has 1 aromatic rings. The van der Waals surface area contributed by atoms with Gasteiger partial charge in [-0.3, -0.25) is 4.79 Å². The predicted octanol–water partition coefficient (Wildman–Crippen LogP) is 1.71. The van der Waals surface area contributed by atoms with Crippen molar-refractivity contribution in [3.8, 4) is 0 Å². The molecular weight excluding hydrogens is 228 g/mol. The quantitative estimate of drug-likeness (QED) is 0.880. The molecule has 0 aliphatic heterocycles. The molecule has 0 saturated heterocycles. The zero-order valence-electron chi connectivity index (χ0n) is 9.90. The number of nitrogens with two attached hydrogens (primary N) is 1. The van der Waals surface area contributed by atoms with E-state index in [-0.39, 0.29) is 24.4 Å². The van der Waals surface area contributed by atoms with E-state index in [1.807, 2.05) is 26.0 Å². The van der Waals surface area contributed by atoms with Crippen molar-refractivity contribution < 1.29 is 9.21 Å². The number of nitrogens with zero attached hydrogens (tertiary/aromatic N) is 1. The molecule has 0 saturated carbocycles. The van der Waals surface area contributed by atoms with Gasteiger partial charge in [0.2, 0.25) is 5.91 Å². The summed E-state index contributed by atoms with van der Waals surface area (Å²) in [5.74, 6) is 1.70. The smallest absolute Gasteiger partial charge is 0.224 e. The molecule has 4 nitrogen and oxygen atoms in total. The summed E-state index contributed by atoms with van der Waals surface area (Å²) in [6, 6.07) is 3.67. The van der Waals surface area contributed by atoms with Gasteiger partial charge in [0.1, 0.15) is 11.5 Å². The zero-order valence-corrected chi connectivity index (χ0v) is 10.7. The molecule has 1 amide bonds. The predicted molar refractivity (Wildman–Crippen MR) is 65.4 cm³/mol. The van der Waals surface area contributed by atoms with Gasteiger partial charge in [0.05, 0.1) is 6.54 Å². The van der Waals surface area contributed by atoms with E-state index in [1.165, 1.54) is 0 Å². The van der Waals surface area contributed by atoms with Crippen LogP contribution in [0.2, 0.25) is 0 Å². The van der Waals surface area contributed by atoms with Crippen LogP contribution in [0.3, 0.4) is 0 Å². The largest absolute Gasteiger partial charge is 0.464 e. The molecule has 1 rings (SSSR count). The molecule has 1 aromatic heterocycles. The average Bonchev–Trinajstić information content (AvgIpc) is 2.50. The number of hydrogen-bond donors (Lipinski definition) is 1. The van der Waals surface area contributed by atoms with E-state index in [2.05, 4.69) is 0 Å². The third-order valence-electron chi connectivity index (χ3n) is 2.11. The molecule has 92 valence electrons. The molecule has 1 atom stereocenters. The van der Waals surface area contributed by atoms with Crippen LogP contribution < -0.4 is 5.73 Å². The summed E-state index contributed by atoms with van der Waals surface area (Å²) in [5, 5.41) is 0. The molecule has 0 fully saturated rings. The summed E-state index contributed by atoms with van der Waals surface area (Å²) < 4.78 is 5.38. The maximum absolute atomic E-state index is 11.6. The first-order valence-electron chi connectivity index (χ1n) is 5.04.